The first-order valence-corrected chi connectivity index (χ1v) is 6.37. The average Bonchev–Trinajstić information content (AvgIpc) is 2.36. The highest BCUT2D eigenvalue weighted by Crippen LogP contribution is 2.19. The normalized spacial score (nSPS) is 12.4. The van der Waals surface area contributed by atoms with Gasteiger partial charge < -0.3 is 5.32 Å². The Bertz CT molecular complexity index is 552. The molecule has 1 atom stereocenters. The van der Waals surface area contributed by atoms with Gasteiger partial charge in [-0.15, -0.1) is 0 Å². The Morgan fingerprint density at radius 2 is 1.74 bits per heavy atom. The van der Waals surface area contributed by atoms with Crippen LogP contribution in [0.15, 0.2) is 42.5 Å². The minimum atomic E-state index is -0.568. The van der Waals surface area contributed by atoms with E-state index in [9.17, 15) is 8.78 Å². The molecule has 0 aliphatic rings. The number of hydrogen-bond donors (Lipinski definition) is 1. The molecule has 19 heavy (non-hydrogen) atoms. The van der Waals surface area contributed by atoms with Gasteiger partial charge >= 0.3 is 0 Å². The highest BCUT2D eigenvalue weighted by atomic mass is 35.5. The molecule has 100 valence electrons. The molecule has 0 radical (unpaired) electrons. The molecule has 0 saturated heterocycles. The SMILES string of the molecule is CC(NCc1ccccc1Cl)c1cc(F)cc(F)c1. The maximum Gasteiger partial charge on any atom is 0.126 e. The Morgan fingerprint density at radius 1 is 1.11 bits per heavy atom. The molecular weight excluding hydrogens is 268 g/mol. The molecule has 2 rings (SSSR count). The molecule has 0 aliphatic carbocycles. The van der Waals surface area contributed by atoms with Gasteiger partial charge in [0.15, 0.2) is 0 Å². The van der Waals surface area contributed by atoms with Crippen molar-refractivity contribution in [3.05, 3.63) is 70.2 Å². The average molecular weight is 282 g/mol. The zero-order chi connectivity index (χ0) is 13.8. The van der Waals surface area contributed by atoms with E-state index in [4.69, 9.17) is 11.6 Å². The second kappa shape index (κ2) is 6.13. The molecular formula is C15H14ClF2N. The lowest BCUT2D eigenvalue weighted by Gasteiger charge is -2.15. The first-order valence-electron chi connectivity index (χ1n) is 5.99. The van der Waals surface area contributed by atoms with Gasteiger partial charge in [0, 0.05) is 23.7 Å². The Hall–Kier alpha value is -1.45. The van der Waals surface area contributed by atoms with E-state index in [1.807, 2.05) is 31.2 Å². The largest absolute Gasteiger partial charge is 0.306 e. The third kappa shape index (κ3) is 3.75. The van der Waals surface area contributed by atoms with Crippen molar-refractivity contribution in [3.63, 3.8) is 0 Å². The first-order chi connectivity index (χ1) is 9.06. The maximum absolute atomic E-state index is 13.1. The van der Waals surface area contributed by atoms with Crippen LogP contribution in [0.4, 0.5) is 8.78 Å². The van der Waals surface area contributed by atoms with Crippen molar-refractivity contribution < 1.29 is 8.78 Å². The summed E-state index contributed by atoms with van der Waals surface area (Å²) in [4.78, 5) is 0. The van der Waals surface area contributed by atoms with Crippen LogP contribution >= 0.6 is 11.6 Å². The van der Waals surface area contributed by atoms with Crippen molar-refractivity contribution in [1.82, 2.24) is 5.32 Å². The van der Waals surface area contributed by atoms with Crippen molar-refractivity contribution in [1.29, 1.82) is 0 Å². The molecule has 2 aromatic rings. The van der Waals surface area contributed by atoms with Gasteiger partial charge in [-0.3, -0.25) is 0 Å². The van der Waals surface area contributed by atoms with Gasteiger partial charge in [0.05, 0.1) is 0 Å². The summed E-state index contributed by atoms with van der Waals surface area (Å²) in [6, 6.07) is 10.8. The van der Waals surface area contributed by atoms with Gasteiger partial charge in [-0.1, -0.05) is 29.8 Å². The summed E-state index contributed by atoms with van der Waals surface area (Å²) in [5.41, 5.74) is 1.53. The van der Waals surface area contributed by atoms with Gasteiger partial charge in [-0.25, -0.2) is 8.78 Å². The lowest BCUT2D eigenvalue weighted by Crippen LogP contribution is -2.18. The molecule has 4 heteroatoms. The molecule has 0 amide bonds. The van der Waals surface area contributed by atoms with E-state index in [1.165, 1.54) is 12.1 Å². The molecule has 0 fully saturated rings. The molecule has 1 unspecified atom stereocenters. The standard InChI is InChI=1S/C15H14ClF2N/c1-10(12-6-13(17)8-14(18)7-12)19-9-11-4-2-3-5-15(11)16/h2-8,10,19H,9H2,1H3. The first kappa shape index (κ1) is 14.0. The zero-order valence-electron chi connectivity index (χ0n) is 10.5. The summed E-state index contributed by atoms with van der Waals surface area (Å²) >= 11 is 6.04. The highest BCUT2D eigenvalue weighted by Gasteiger charge is 2.09. The van der Waals surface area contributed by atoms with E-state index in [0.29, 0.717) is 17.1 Å². The maximum atomic E-state index is 13.1. The van der Waals surface area contributed by atoms with Crippen LogP contribution in [0, 0.1) is 11.6 Å². The molecule has 0 saturated carbocycles. The Morgan fingerprint density at radius 3 is 2.37 bits per heavy atom. The number of halogens is 3. The van der Waals surface area contributed by atoms with E-state index < -0.39 is 11.6 Å². The molecule has 0 bridgehead atoms. The number of nitrogens with one attached hydrogen (secondary N) is 1. The van der Waals surface area contributed by atoms with Crippen LogP contribution < -0.4 is 5.32 Å². The van der Waals surface area contributed by atoms with Gasteiger partial charge in [-0.2, -0.15) is 0 Å². The summed E-state index contributed by atoms with van der Waals surface area (Å²) in [5.74, 6) is -1.14. The van der Waals surface area contributed by atoms with Crippen LogP contribution in [-0.2, 0) is 6.54 Å². The summed E-state index contributed by atoms with van der Waals surface area (Å²) in [6.45, 7) is 2.39. The predicted octanol–water partition coefficient (Wildman–Crippen LogP) is 4.47. The van der Waals surface area contributed by atoms with Gasteiger partial charge in [-0.05, 0) is 36.2 Å². The molecule has 0 spiro atoms. The lowest BCUT2D eigenvalue weighted by molar-refractivity contribution is 0.545. The number of benzene rings is 2. The Balaban J connectivity index is 2.05. The van der Waals surface area contributed by atoms with Crippen LogP contribution in [0.3, 0.4) is 0 Å². The highest BCUT2D eigenvalue weighted by molar-refractivity contribution is 6.31. The minimum absolute atomic E-state index is 0.165. The van der Waals surface area contributed by atoms with Gasteiger partial charge in [0.2, 0.25) is 0 Å². The number of hydrogen-bond acceptors (Lipinski definition) is 1. The predicted molar refractivity (Wildman–Crippen MR) is 73.1 cm³/mol. The zero-order valence-corrected chi connectivity index (χ0v) is 11.2. The van der Waals surface area contributed by atoms with Crippen LogP contribution in [-0.4, -0.2) is 0 Å². The monoisotopic (exact) mass is 281 g/mol. The smallest absolute Gasteiger partial charge is 0.126 e. The Labute approximate surface area is 116 Å². The summed E-state index contributed by atoms with van der Waals surface area (Å²) in [5, 5.41) is 3.87. The van der Waals surface area contributed by atoms with Crippen LogP contribution in [0.25, 0.3) is 0 Å². The van der Waals surface area contributed by atoms with E-state index in [2.05, 4.69) is 5.32 Å². The van der Waals surface area contributed by atoms with E-state index in [0.717, 1.165) is 11.6 Å². The molecule has 0 heterocycles. The van der Waals surface area contributed by atoms with Crippen LogP contribution in [0.5, 0.6) is 0 Å². The van der Waals surface area contributed by atoms with E-state index >= 15 is 0 Å². The van der Waals surface area contributed by atoms with Crippen molar-refractivity contribution in [2.24, 2.45) is 0 Å². The van der Waals surface area contributed by atoms with Gasteiger partial charge in [0.25, 0.3) is 0 Å². The van der Waals surface area contributed by atoms with Crippen LogP contribution in [0.1, 0.15) is 24.1 Å². The van der Waals surface area contributed by atoms with E-state index in [-0.39, 0.29) is 6.04 Å². The quantitative estimate of drug-likeness (QED) is 0.872. The molecule has 0 aromatic heterocycles. The molecule has 2 aromatic carbocycles. The summed E-state index contributed by atoms with van der Waals surface area (Å²) in [6.07, 6.45) is 0. The second-order valence-electron chi connectivity index (χ2n) is 4.40. The molecule has 0 aliphatic heterocycles. The third-order valence-electron chi connectivity index (χ3n) is 2.94. The third-order valence-corrected chi connectivity index (χ3v) is 3.31. The van der Waals surface area contributed by atoms with Gasteiger partial charge in [0.1, 0.15) is 11.6 Å². The van der Waals surface area contributed by atoms with Crippen LogP contribution in [0.2, 0.25) is 5.02 Å². The van der Waals surface area contributed by atoms with Crippen molar-refractivity contribution >= 4 is 11.6 Å². The van der Waals surface area contributed by atoms with E-state index in [1.54, 1.807) is 0 Å². The molecule has 1 nitrogen and oxygen atoms in total. The summed E-state index contributed by atoms with van der Waals surface area (Å²) < 4.78 is 26.3. The minimum Gasteiger partial charge on any atom is -0.306 e. The van der Waals surface area contributed by atoms with Crippen molar-refractivity contribution in [2.75, 3.05) is 0 Å². The fourth-order valence-corrected chi connectivity index (χ4v) is 2.05. The fourth-order valence-electron chi connectivity index (χ4n) is 1.85. The summed E-state index contributed by atoms with van der Waals surface area (Å²) in [7, 11) is 0. The second-order valence-corrected chi connectivity index (χ2v) is 4.80. The van der Waals surface area contributed by atoms with Crippen molar-refractivity contribution in [2.45, 2.75) is 19.5 Å². The molecule has 1 N–H and O–H groups in total. The number of rotatable bonds is 4. The topological polar surface area (TPSA) is 12.0 Å². The Kier molecular flexibility index (Phi) is 4.51. The lowest BCUT2D eigenvalue weighted by atomic mass is 10.1. The van der Waals surface area contributed by atoms with Crippen molar-refractivity contribution in [3.8, 4) is 0 Å². The fraction of sp³-hybridized carbons (Fsp3) is 0.200.